The Labute approximate surface area is 156 Å². The number of benzene rings is 2. The van der Waals surface area contributed by atoms with Crippen molar-refractivity contribution in [2.24, 2.45) is 0 Å². The van der Waals surface area contributed by atoms with E-state index in [0.717, 1.165) is 11.4 Å². The number of nitrogens with zero attached hydrogens (tertiary/aromatic N) is 2. The van der Waals surface area contributed by atoms with Gasteiger partial charge in [0.05, 0.1) is 7.11 Å². The van der Waals surface area contributed by atoms with Crippen molar-refractivity contribution in [1.29, 1.82) is 0 Å². The quantitative estimate of drug-likeness (QED) is 0.650. The summed E-state index contributed by atoms with van der Waals surface area (Å²) in [6.07, 6.45) is 1.31. The lowest BCUT2D eigenvalue weighted by Crippen LogP contribution is -2.14. The predicted molar refractivity (Wildman–Crippen MR) is 103 cm³/mol. The number of rotatable bonds is 6. The van der Waals surface area contributed by atoms with E-state index in [1.165, 1.54) is 13.3 Å². The lowest BCUT2D eigenvalue weighted by molar-refractivity contribution is 0.100. The van der Waals surface area contributed by atoms with Gasteiger partial charge in [-0.3, -0.25) is 9.59 Å². The first-order chi connectivity index (χ1) is 13.0. The molecule has 0 aliphatic heterocycles. The topological polar surface area (TPSA) is 93.2 Å². The molecule has 0 atom stereocenters. The van der Waals surface area contributed by atoms with Gasteiger partial charge in [0.2, 0.25) is 0 Å². The third-order valence-electron chi connectivity index (χ3n) is 3.79. The average molecular weight is 362 g/mol. The van der Waals surface area contributed by atoms with Gasteiger partial charge in [-0.05, 0) is 43.3 Å². The molecule has 2 N–H and O–H groups in total. The summed E-state index contributed by atoms with van der Waals surface area (Å²) in [5, 5.41) is 5.84. The molecule has 3 rings (SSSR count). The number of ether oxygens (including phenoxy) is 1. The Morgan fingerprint density at radius 2 is 1.74 bits per heavy atom. The van der Waals surface area contributed by atoms with Crippen LogP contribution in [0.5, 0.6) is 5.75 Å². The Balaban J connectivity index is 1.73. The highest BCUT2D eigenvalue weighted by molar-refractivity contribution is 6.04. The summed E-state index contributed by atoms with van der Waals surface area (Å²) >= 11 is 0. The maximum absolute atomic E-state index is 12.5. The van der Waals surface area contributed by atoms with Crippen LogP contribution in [0.15, 0.2) is 60.9 Å². The first-order valence-corrected chi connectivity index (χ1v) is 8.20. The SMILES string of the molecule is COc1ccc(Nc2cc(C(=O)Nc3cccc(C(C)=O)c3)ncn2)cc1. The zero-order valence-corrected chi connectivity index (χ0v) is 14.9. The molecular weight excluding hydrogens is 344 g/mol. The van der Waals surface area contributed by atoms with E-state index < -0.39 is 5.91 Å². The number of amides is 1. The number of Topliss-reactive ketones (excluding diaryl/α,β-unsaturated/α-hetero) is 1. The molecule has 0 aliphatic rings. The van der Waals surface area contributed by atoms with Crippen molar-refractivity contribution in [3.05, 3.63) is 72.2 Å². The second-order valence-electron chi connectivity index (χ2n) is 5.73. The number of methoxy groups -OCH3 is 1. The van der Waals surface area contributed by atoms with E-state index in [1.54, 1.807) is 37.4 Å². The Hall–Kier alpha value is -3.74. The molecular formula is C20H18N4O3. The standard InChI is InChI=1S/C20H18N4O3/c1-13(25)14-4-3-5-16(10-14)24-20(26)18-11-19(22-12-21-18)23-15-6-8-17(27-2)9-7-15/h3-12H,1-2H3,(H,24,26)(H,21,22,23). The average Bonchev–Trinajstić information content (AvgIpc) is 2.69. The molecule has 1 aromatic heterocycles. The first-order valence-electron chi connectivity index (χ1n) is 8.20. The lowest BCUT2D eigenvalue weighted by Gasteiger charge is -2.09. The second-order valence-corrected chi connectivity index (χ2v) is 5.73. The monoisotopic (exact) mass is 362 g/mol. The number of nitrogens with one attached hydrogen (secondary N) is 2. The number of anilines is 3. The molecule has 0 bridgehead atoms. The van der Waals surface area contributed by atoms with Gasteiger partial charge in [-0.1, -0.05) is 12.1 Å². The van der Waals surface area contributed by atoms with Gasteiger partial charge in [0.1, 0.15) is 23.6 Å². The molecule has 1 heterocycles. The molecule has 7 nitrogen and oxygen atoms in total. The molecule has 0 saturated carbocycles. The van der Waals surface area contributed by atoms with Gasteiger partial charge < -0.3 is 15.4 Å². The van der Waals surface area contributed by atoms with Gasteiger partial charge in [0, 0.05) is 23.0 Å². The van der Waals surface area contributed by atoms with Crippen LogP contribution in [0.4, 0.5) is 17.2 Å². The maximum Gasteiger partial charge on any atom is 0.274 e. The minimum Gasteiger partial charge on any atom is -0.497 e. The van der Waals surface area contributed by atoms with E-state index in [0.29, 0.717) is 17.1 Å². The molecule has 27 heavy (non-hydrogen) atoms. The molecule has 1 amide bonds. The van der Waals surface area contributed by atoms with Crippen LogP contribution in [0.3, 0.4) is 0 Å². The summed E-state index contributed by atoms with van der Waals surface area (Å²) in [6.45, 7) is 1.47. The van der Waals surface area contributed by atoms with Crippen LogP contribution in [0.1, 0.15) is 27.8 Å². The lowest BCUT2D eigenvalue weighted by atomic mass is 10.1. The van der Waals surface area contributed by atoms with E-state index in [9.17, 15) is 9.59 Å². The highest BCUT2D eigenvalue weighted by Crippen LogP contribution is 2.19. The zero-order chi connectivity index (χ0) is 19.2. The van der Waals surface area contributed by atoms with Crippen molar-refractivity contribution in [3.8, 4) is 5.75 Å². The Morgan fingerprint density at radius 1 is 0.963 bits per heavy atom. The first kappa shape index (κ1) is 18.1. The van der Waals surface area contributed by atoms with E-state index in [4.69, 9.17) is 4.74 Å². The van der Waals surface area contributed by atoms with Crippen LogP contribution in [0.2, 0.25) is 0 Å². The van der Waals surface area contributed by atoms with E-state index in [1.807, 2.05) is 24.3 Å². The molecule has 0 unspecified atom stereocenters. The zero-order valence-electron chi connectivity index (χ0n) is 14.9. The largest absolute Gasteiger partial charge is 0.497 e. The predicted octanol–water partition coefficient (Wildman–Crippen LogP) is 3.68. The minimum atomic E-state index is -0.393. The fourth-order valence-corrected chi connectivity index (χ4v) is 2.38. The fourth-order valence-electron chi connectivity index (χ4n) is 2.38. The molecule has 3 aromatic rings. The molecule has 0 spiro atoms. The van der Waals surface area contributed by atoms with Gasteiger partial charge in [-0.25, -0.2) is 9.97 Å². The number of carbonyl (C=O) groups excluding carboxylic acids is 2. The summed E-state index contributed by atoms with van der Waals surface area (Å²) in [5.74, 6) is 0.767. The molecule has 0 radical (unpaired) electrons. The summed E-state index contributed by atoms with van der Waals surface area (Å²) in [5.41, 5.74) is 2.05. The highest BCUT2D eigenvalue weighted by Gasteiger charge is 2.10. The van der Waals surface area contributed by atoms with Crippen molar-refractivity contribution >= 4 is 28.9 Å². The summed E-state index contributed by atoms with van der Waals surface area (Å²) < 4.78 is 5.12. The van der Waals surface area contributed by atoms with Crippen LogP contribution in [0, 0.1) is 0 Å². The normalized spacial score (nSPS) is 10.1. The van der Waals surface area contributed by atoms with Crippen molar-refractivity contribution in [2.75, 3.05) is 17.7 Å². The number of hydrogen-bond acceptors (Lipinski definition) is 6. The summed E-state index contributed by atoms with van der Waals surface area (Å²) in [6, 6.07) is 15.6. The third-order valence-corrected chi connectivity index (χ3v) is 3.79. The van der Waals surface area contributed by atoms with Crippen LogP contribution in [0.25, 0.3) is 0 Å². The van der Waals surface area contributed by atoms with Crippen molar-refractivity contribution < 1.29 is 14.3 Å². The Morgan fingerprint density at radius 3 is 2.44 bits per heavy atom. The van der Waals surface area contributed by atoms with Gasteiger partial charge in [0.25, 0.3) is 5.91 Å². The third kappa shape index (κ3) is 4.66. The van der Waals surface area contributed by atoms with E-state index >= 15 is 0 Å². The van der Waals surface area contributed by atoms with Gasteiger partial charge in [-0.2, -0.15) is 0 Å². The molecule has 2 aromatic carbocycles. The summed E-state index contributed by atoms with van der Waals surface area (Å²) in [4.78, 5) is 32.1. The van der Waals surface area contributed by atoms with E-state index in [2.05, 4.69) is 20.6 Å². The smallest absolute Gasteiger partial charge is 0.274 e. The van der Waals surface area contributed by atoms with Gasteiger partial charge in [0.15, 0.2) is 5.78 Å². The van der Waals surface area contributed by atoms with Crippen molar-refractivity contribution in [1.82, 2.24) is 9.97 Å². The second kappa shape index (κ2) is 8.09. The van der Waals surface area contributed by atoms with Crippen LogP contribution in [-0.2, 0) is 0 Å². The highest BCUT2D eigenvalue weighted by atomic mass is 16.5. The molecule has 7 heteroatoms. The number of aromatic nitrogens is 2. The maximum atomic E-state index is 12.5. The van der Waals surface area contributed by atoms with Crippen molar-refractivity contribution in [2.45, 2.75) is 6.92 Å². The van der Waals surface area contributed by atoms with Crippen LogP contribution < -0.4 is 15.4 Å². The van der Waals surface area contributed by atoms with Gasteiger partial charge >= 0.3 is 0 Å². The van der Waals surface area contributed by atoms with Crippen LogP contribution in [-0.4, -0.2) is 28.8 Å². The Bertz CT molecular complexity index is 971. The molecule has 0 aliphatic carbocycles. The molecule has 0 fully saturated rings. The minimum absolute atomic E-state index is 0.0703. The number of carbonyl (C=O) groups is 2. The molecule has 136 valence electrons. The number of ketones is 1. The fraction of sp³-hybridized carbons (Fsp3) is 0.100. The van der Waals surface area contributed by atoms with E-state index in [-0.39, 0.29) is 11.5 Å². The number of hydrogen-bond donors (Lipinski definition) is 2. The Kier molecular flexibility index (Phi) is 5.41. The van der Waals surface area contributed by atoms with Gasteiger partial charge in [-0.15, -0.1) is 0 Å². The van der Waals surface area contributed by atoms with Crippen LogP contribution >= 0.6 is 0 Å². The van der Waals surface area contributed by atoms with Crippen molar-refractivity contribution in [3.63, 3.8) is 0 Å². The summed E-state index contributed by atoms with van der Waals surface area (Å²) in [7, 11) is 1.60. The molecule has 0 saturated heterocycles.